The molecule has 4 unspecified atom stereocenters. The van der Waals surface area contributed by atoms with Gasteiger partial charge in [-0.2, -0.15) is 11.8 Å². The first-order valence-corrected chi connectivity index (χ1v) is 13.5. The maximum absolute atomic E-state index is 10.1. The van der Waals surface area contributed by atoms with E-state index in [0.717, 1.165) is 23.3 Å². The molecule has 34 heavy (non-hydrogen) atoms. The van der Waals surface area contributed by atoms with E-state index in [9.17, 15) is 35.7 Å². The molecule has 200 valence electrons. The van der Waals surface area contributed by atoms with E-state index in [1.165, 1.54) is 0 Å². The number of hydrogen-bond donors (Lipinski definition) is 9. The fraction of sp³-hybridized carbons (Fsp3) is 0.950. The molecule has 2 aliphatic rings. The van der Waals surface area contributed by atoms with Gasteiger partial charge in [-0.1, -0.05) is 6.92 Å². The van der Waals surface area contributed by atoms with Crippen molar-refractivity contribution in [1.29, 1.82) is 5.41 Å². The molecule has 10 atom stereocenters. The summed E-state index contributed by atoms with van der Waals surface area (Å²) in [6.07, 6.45) is -9.20. The summed E-state index contributed by atoms with van der Waals surface area (Å²) in [5.74, 6) is 1.89. The van der Waals surface area contributed by atoms with Crippen molar-refractivity contribution in [2.24, 2.45) is 0 Å². The molecule has 0 aromatic rings. The zero-order valence-corrected chi connectivity index (χ0v) is 20.7. The Bertz CT molecular complexity index is 608. The van der Waals surface area contributed by atoms with Crippen LogP contribution in [0.4, 0.5) is 0 Å². The van der Waals surface area contributed by atoms with Gasteiger partial charge in [0.05, 0.1) is 18.5 Å². The third-order valence-electron chi connectivity index (χ3n) is 5.63. The Kier molecular flexibility index (Phi) is 13.3. The van der Waals surface area contributed by atoms with E-state index in [-0.39, 0.29) is 18.2 Å². The molecule has 0 aromatic carbocycles. The Balaban J connectivity index is 1.52. The van der Waals surface area contributed by atoms with E-state index in [4.69, 9.17) is 19.6 Å². The first-order valence-electron chi connectivity index (χ1n) is 11.3. The van der Waals surface area contributed by atoms with Crippen molar-refractivity contribution < 1.29 is 50.0 Å². The van der Waals surface area contributed by atoms with Gasteiger partial charge in [-0.15, -0.1) is 11.8 Å². The van der Waals surface area contributed by atoms with E-state index in [2.05, 4.69) is 5.32 Å². The van der Waals surface area contributed by atoms with Crippen molar-refractivity contribution in [2.75, 3.05) is 37.0 Å². The van der Waals surface area contributed by atoms with E-state index in [1.807, 2.05) is 0 Å². The van der Waals surface area contributed by atoms with Crippen LogP contribution in [0.15, 0.2) is 0 Å². The Morgan fingerprint density at radius 1 is 0.941 bits per heavy atom. The van der Waals surface area contributed by atoms with Crippen LogP contribution in [0, 0.1) is 5.41 Å². The monoisotopic (exact) mass is 530 g/mol. The summed E-state index contributed by atoms with van der Waals surface area (Å²) in [7, 11) is 0. The molecule has 12 nitrogen and oxygen atoms in total. The Hall–Kier alpha value is -0.230. The molecular weight excluding hydrogens is 492 g/mol. The van der Waals surface area contributed by atoms with Crippen LogP contribution in [0.1, 0.15) is 19.8 Å². The Labute approximate surface area is 207 Å². The minimum atomic E-state index is -1.43. The molecule has 2 aliphatic heterocycles. The lowest BCUT2D eigenvalue weighted by Gasteiger charge is -2.40. The molecule has 2 heterocycles. The van der Waals surface area contributed by atoms with Gasteiger partial charge in [0.1, 0.15) is 54.0 Å². The van der Waals surface area contributed by atoms with Crippen molar-refractivity contribution in [3.63, 3.8) is 0 Å². The highest BCUT2D eigenvalue weighted by atomic mass is 32.2. The molecule has 0 radical (unpaired) electrons. The van der Waals surface area contributed by atoms with Gasteiger partial charge < -0.3 is 55.3 Å². The molecule has 0 saturated carbocycles. The molecular formula is C20H38N2O10S2. The number of amidine groups is 1. The van der Waals surface area contributed by atoms with Crippen molar-refractivity contribution in [3.05, 3.63) is 0 Å². The summed E-state index contributed by atoms with van der Waals surface area (Å²) in [5.41, 5.74) is -0.868. The number of thioether (sulfide) groups is 2. The van der Waals surface area contributed by atoms with Crippen LogP contribution in [-0.2, 0) is 14.2 Å². The minimum absolute atomic E-state index is 0.194. The van der Waals surface area contributed by atoms with Crippen LogP contribution >= 0.6 is 23.5 Å². The predicted octanol–water partition coefficient (Wildman–Crippen LogP) is -2.56. The van der Waals surface area contributed by atoms with Gasteiger partial charge in [0, 0.05) is 18.9 Å². The largest absolute Gasteiger partial charge is 0.394 e. The lowest BCUT2D eigenvalue weighted by atomic mass is 9.97. The zero-order valence-electron chi connectivity index (χ0n) is 19.1. The number of hydrogen-bond acceptors (Lipinski definition) is 13. The molecule has 9 N–H and O–H groups in total. The summed E-state index contributed by atoms with van der Waals surface area (Å²) in [6, 6.07) is 0. The average molecular weight is 531 g/mol. The Morgan fingerprint density at radius 2 is 1.65 bits per heavy atom. The topological polar surface area (TPSA) is 205 Å². The van der Waals surface area contributed by atoms with Gasteiger partial charge in [0.25, 0.3) is 0 Å². The van der Waals surface area contributed by atoms with Gasteiger partial charge in [-0.05, 0) is 18.6 Å². The molecule has 2 fully saturated rings. The fourth-order valence-corrected chi connectivity index (χ4v) is 5.40. The smallest absolute Gasteiger partial charge is 0.184 e. The van der Waals surface area contributed by atoms with Crippen molar-refractivity contribution in [2.45, 2.75) is 80.3 Å². The molecule has 2 saturated heterocycles. The van der Waals surface area contributed by atoms with Crippen LogP contribution in [0.5, 0.6) is 0 Å². The second kappa shape index (κ2) is 15.1. The SMILES string of the molecule is CCC1O[C@H](O)C(OCCCSCCNC(=N)CS[C@H]2OC(CO)[C@@H](O)C(O)[C@H]2O)[C@@H](O)[C@@H]1O. The van der Waals surface area contributed by atoms with Gasteiger partial charge in [0.2, 0.25) is 0 Å². The first-order chi connectivity index (χ1) is 16.2. The maximum Gasteiger partial charge on any atom is 0.184 e. The minimum Gasteiger partial charge on any atom is -0.394 e. The van der Waals surface area contributed by atoms with E-state index in [0.29, 0.717) is 19.4 Å². The van der Waals surface area contributed by atoms with Crippen molar-refractivity contribution >= 4 is 29.4 Å². The highest BCUT2D eigenvalue weighted by molar-refractivity contribution is 8.00. The number of aliphatic hydroxyl groups is 7. The summed E-state index contributed by atoms with van der Waals surface area (Å²) < 4.78 is 16.2. The van der Waals surface area contributed by atoms with Gasteiger partial charge in [-0.3, -0.25) is 5.41 Å². The van der Waals surface area contributed by atoms with Crippen LogP contribution in [0.2, 0.25) is 0 Å². The zero-order chi connectivity index (χ0) is 25.3. The van der Waals surface area contributed by atoms with Gasteiger partial charge in [0.15, 0.2) is 6.29 Å². The lowest BCUT2D eigenvalue weighted by molar-refractivity contribution is -0.292. The summed E-state index contributed by atoms with van der Waals surface area (Å²) >= 11 is 2.73. The van der Waals surface area contributed by atoms with Gasteiger partial charge >= 0.3 is 0 Å². The van der Waals surface area contributed by atoms with Crippen LogP contribution in [0.3, 0.4) is 0 Å². The van der Waals surface area contributed by atoms with Crippen molar-refractivity contribution in [1.82, 2.24) is 5.32 Å². The average Bonchev–Trinajstić information content (AvgIpc) is 2.82. The predicted molar refractivity (Wildman–Crippen MR) is 127 cm³/mol. The summed E-state index contributed by atoms with van der Waals surface area (Å²) in [6.45, 7) is 2.13. The Morgan fingerprint density at radius 3 is 2.32 bits per heavy atom. The quantitative estimate of drug-likeness (QED) is 0.0684. The number of rotatable bonds is 13. The normalized spacial score (nSPS) is 38.6. The molecule has 0 amide bonds. The molecule has 0 aromatic heterocycles. The highest BCUT2D eigenvalue weighted by Gasteiger charge is 2.44. The standard InChI is InChI=1S/C20H38N2O10S2/c1-2-10-13(24)16(27)18(19(29)31-10)30-5-3-6-33-7-4-22-12(21)9-34-20-17(28)15(26)14(25)11(8-23)32-20/h10-11,13-20,23-29H,2-9H2,1H3,(H2,21,22)/t10?,11?,13-,14-,15?,16+,17-,18?,19+,20-/m1/s1. The van der Waals surface area contributed by atoms with Gasteiger partial charge in [-0.25, -0.2) is 0 Å². The number of aliphatic hydroxyl groups excluding tert-OH is 7. The molecule has 0 spiro atoms. The van der Waals surface area contributed by atoms with E-state index < -0.39 is 67.2 Å². The van der Waals surface area contributed by atoms with E-state index in [1.54, 1.807) is 18.7 Å². The number of nitrogens with one attached hydrogen (secondary N) is 2. The third kappa shape index (κ3) is 8.42. The van der Waals surface area contributed by atoms with Crippen LogP contribution in [-0.4, -0.2) is 139 Å². The molecule has 0 bridgehead atoms. The molecule has 2 rings (SSSR count). The third-order valence-corrected chi connectivity index (χ3v) is 7.88. The highest BCUT2D eigenvalue weighted by Crippen LogP contribution is 2.28. The maximum atomic E-state index is 10.1. The second-order valence-corrected chi connectivity index (χ2v) is 10.5. The number of ether oxygens (including phenoxy) is 3. The first kappa shape index (κ1) is 30.0. The van der Waals surface area contributed by atoms with E-state index >= 15 is 0 Å². The van der Waals surface area contributed by atoms with Crippen LogP contribution < -0.4 is 5.32 Å². The summed E-state index contributed by atoms with van der Waals surface area (Å²) in [4.78, 5) is 0. The lowest BCUT2D eigenvalue weighted by Crippen LogP contribution is -2.58. The molecule has 0 aliphatic carbocycles. The summed E-state index contributed by atoms with van der Waals surface area (Å²) in [5, 5.41) is 79.8. The molecule has 14 heteroatoms. The fourth-order valence-electron chi connectivity index (χ4n) is 3.62. The van der Waals surface area contributed by atoms with Crippen molar-refractivity contribution in [3.8, 4) is 0 Å². The van der Waals surface area contributed by atoms with Crippen LogP contribution in [0.25, 0.3) is 0 Å². The second-order valence-electron chi connectivity index (χ2n) is 8.17.